The highest BCUT2D eigenvalue weighted by Crippen LogP contribution is 2.26. The van der Waals surface area contributed by atoms with Crippen molar-refractivity contribution in [3.05, 3.63) is 38.8 Å². The average molecular weight is 524 g/mol. The number of hydrogen-bond acceptors (Lipinski definition) is 3. The fourth-order valence-corrected chi connectivity index (χ4v) is 4.47. The summed E-state index contributed by atoms with van der Waals surface area (Å²) in [6.07, 6.45) is 6.29. The lowest BCUT2D eigenvalue weighted by Crippen LogP contribution is -2.40. The van der Waals surface area contributed by atoms with E-state index in [4.69, 9.17) is 0 Å². The summed E-state index contributed by atoms with van der Waals surface area (Å²) in [5.41, 5.74) is 1.33. The fraction of sp³-hybridized carbons (Fsp3) is 0.500. The van der Waals surface area contributed by atoms with E-state index in [1.165, 1.54) is 14.2 Å². The van der Waals surface area contributed by atoms with E-state index in [1.807, 2.05) is 25.0 Å². The normalized spacial score (nSPS) is 17.9. The highest BCUT2D eigenvalue weighted by atomic mass is 127. The van der Waals surface area contributed by atoms with Crippen LogP contribution in [0.5, 0.6) is 0 Å². The summed E-state index contributed by atoms with van der Waals surface area (Å²) in [5, 5.41) is 7.78. The van der Waals surface area contributed by atoms with Gasteiger partial charge in [-0.25, -0.2) is 0 Å². The molecule has 0 radical (unpaired) electrons. The third kappa shape index (κ3) is 4.95. The molecule has 2 aromatic rings. The molecule has 0 spiro atoms. The summed E-state index contributed by atoms with van der Waals surface area (Å²) < 4.78 is 3.07. The van der Waals surface area contributed by atoms with E-state index >= 15 is 0 Å². The van der Waals surface area contributed by atoms with Crippen molar-refractivity contribution < 1.29 is 0 Å². The van der Waals surface area contributed by atoms with Gasteiger partial charge >= 0.3 is 0 Å². The van der Waals surface area contributed by atoms with Crippen molar-refractivity contribution in [2.45, 2.75) is 18.8 Å². The van der Waals surface area contributed by atoms with Crippen LogP contribution in [-0.2, 0) is 13.5 Å². The number of guanidine groups is 1. The maximum atomic E-state index is 4.44. The Morgan fingerprint density at radius 2 is 2.33 bits per heavy atom. The number of rotatable bonds is 4. The molecule has 3 rings (SSSR count). The van der Waals surface area contributed by atoms with Gasteiger partial charge in [-0.15, -0.1) is 35.3 Å². The molecule has 1 aliphatic rings. The molecule has 0 bridgehead atoms. The van der Waals surface area contributed by atoms with Gasteiger partial charge in [0, 0.05) is 50.7 Å². The fourth-order valence-electron chi connectivity index (χ4n) is 2.99. The van der Waals surface area contributed by atoms with Gasteiger partial charge in [-0.2, -0.15) is 5.10 Å². The predicted octanol–water partition coefficient (Wildman–Crippen LogP) is 3.47. The Morgan fingerprint density at radius 3 is 2.96 bits per heavy atom. The molecule has 0 saturated carbocycles. The molecule has 1 unspecified atom stereocenters. The van der Waals surface area contributed by atoms with E-state index in [9.17, 15) is 0 Å². The quantitative estimate of drug-likeness (QED) is 0.379. The van der Waals surface area contributed by atoms with Crippen LogP contribution in [0.4, 0.5) is 0 Å². The highest BCUT2D eigenvalue weighted by Gasteiger charge is 2.26. The maximum absolute atomic E-state index is 4.44. The standard InChI is InChI=1S/C16H22BrN5S.HI/c1-18-16(19-7-5-14-3-4-15(17)23-14)22-8-6-12(11-22)13-9-20-21(2)10-13;/h3-4,9-10,12H,5-8,11H2,1-2H3,(H,18,19);1H. The van der Waals surface area contributed by atoms with Crippen LogP contribution in [0.25, 0.3) is 0 Å². The van der Waals surface area contributed by atoms with Gasteiger partial charge in [-0.05, 0) is 46.5 Å². The number of aryl methyl sites for hydroxylation is 1. The minimum absolute atomic E-state index is 0. The van der Waals surface area contributed by atoms with E-state index in [-0.39, 0.29) is 24.0 Å². The van der Waals surface area contributed by atoms with Crippen LogP contribution in [0.2, 0.25) is 0 Å². The second-order valence-electron chi connectivity index (χ2n) is 5.81. The number of nitrogens with zero attached hydrogens (tertiary/aromatic N) is 4. The number of nitrogens with one attached hydrogen (secondary N) is 1. The van der Waals surface area contributed by atoms with Crippen molar-refractivity contribution in [2.75, 3.05) is 26.7 Å². The minimum Gasteiger partial charge on any atom is -0.356 e. The zero-order valence-corrected chi connectivity index (χ0v) is 18.6. The summed E-state index contributed by atoms with van der Waals surface area (Å²) in [6.45, 7) is 2.97. The first kappa shape index (κ1) is 19.7. The Hall–Kier alpha value is -0.610. The van der Waals surface area contributed by atoms with Crippen LogP contribution in [0, 0.1) is 0 Å². The van der Waals surface area contributed by atoms with Crippen molar-refractivity contribution in [1.82, 2.24) is 20.0 Å². The smallest absolute Gasteiger partial charge is 0.193 e. The van der Waals surface area contributed by atoms with Crippen molar-refractivity contribution in [2.24, 2.45) is 12.0 Å². The topological polar surface area (TPSA) is 45.5 Å². The van der Waals surface area contributed by atoms with Gasteiger partial charge in [0.25, 0.3) is 0 Å². The van der Waals surface area contributed by atoms with E-state index < -0.39 is 0 Å². The van der Waals surface area contributed by atoms with Crippen molar-refractivity contribution >= 4 is 57.2 Å². The summed E-state index contributed by atoms with van der Waals surface area (Å²) in [4.78, 5) is 8.18. The van der Waals surface area contributed by atoms with Crippen molar-refractivity contribution in [3.8, 4) is 0 Å². The Bertz CT molecular complexity index is 684. The SMILES string of the molecule is CN=C(NCCc1ccc(Br)s1)N1CCC(c2cnn(C)c2)C1.I. The van der Waals surface area contributed by atoms with Gasteiger partial charge in [0.2, 0.25) is 0 Å². The molecule has 24 heavy (non-hydrogen) atoms. The summed E-state index contributed by atoms with van der Waals surface area (Å²) in [5.74, 6) is 1.56. The Balaban J connectivity index is 0.00000208. The number of likely N-dealkylation sites (tertiary alicyclic amines) is 1. The van der Waals surface area contributed by atoms with E-state index in [0.29, 0.717) is 5.92 Å². The number of halogens is 2. The van der Waals surface area contributed by atoms with E-state index in [0.717, 1.165) is 38.4 Å². The predicted molar refractivity (Wildman–Crippen MR) is 115 cm³/mol. The number of thiophene rings is 1. The van der Waals surface area contributed by atoms with E-state index in [2.05, 4.69) is 54.6 Å². The molecule has 2 aromatic heterocycles. The van der Waals surface area contributed by atoms with Gasteiger partial charge in [0.05, 0.1) is 9.98 Å². The number of aromatic nitrogens is 2. The van der Waals surface area contributed by atoms with Gasteiger partial charge in [-0.3, -0.25) is 9.67 Å². The molecule has 8 heteroatoms. The molecule has 3 heterocycles. The summed E-state index contributed by atoms with van der Waals surface area (Å²) >= 11 is 5.30. The minimum atomic E-state index is 0. The third-order valence-corrected chi connectivity index (χ3v) is 5.86. The average Bonchev–Trinajstić information content (AvgIpc) is 3.25. The van der Waals surface area contributed by atoms with Gasteiger partial charge in [0.1, 0.15) is 0 Å². The first-order valence-electron chi connectivity index (χ1n) is 7.84. The monoisotopic (exact) mass is 523 g/mol. The maximum Gasteiger partial charge on any atom is 0.193 e. The highest BCUT2D eigenvalue weighted by molar-refractivity contribution is 14.0. The Labute approximate surface area is 172 Å². The third-order valence-electron chi connectivity index (χ3n) is 4.18. The molecule has 132 valence electrons. The number of hydrogen-bond donors (Lipinski definition) is 1. The van der Waals surface area contributed by atoms with Crippen LogP contribution in [0.15, 0.2) is 33.3 Å². The zero-order valence-electron chi connectivity index (χ0n) is 13.9. The summed E-state index contributed by atoms with van der Waals surface area (Å²) in [6, 6.07) is 4.28. The summed E-state index contributed by atoms with van der Waals surface area (Å²) in [7, 11) is 3.83. The lowest BCUT2D eigenvalue weighted by atomic mass is 10.0. The molecule has 1 fully saturated rings. The lowest BCUT2D eigenvalue weighted by Gasteiger charge is -2.21. The lowest BCUT2D eigenvalue weighted by molar-refractivity contribution is 0.486. The first-order valence-corrected chi connectivity index (χ1v) is 9.45. The van der Waals surface area contributed by atoms with Crippen LogP contribution >= 0.6 is 51.2 Å². The molecule has 1 saturated heterocycles. The second-order valence-corrected chi connectivity index (χ2v) is 8.36. The van der Waals surface area contributed by atoms with Crippen molar-refractivity contribution in [3.63, 3.8) is 0 Å². The molecule has 1 N–H and O–H groups in total. The Kier molecular flexibility index (Phi) is 7.55. The van der Waals surface area contributed by atoms with Crippen LogP contribution in [0.3, 0.4) is 0 Å². The molecule has 0 aliphatic carbocycles. The van der Waals surface area contributed by atoms with Crippen LogP contribution < -0.4 is 5.32 Å². The zero-order chi connectivity index (χ0) is 16.2. The molecular formula is C16H23BrIN5S. The van der Waals surface area contributed by atoms with E-state index in [1.54, 1.807) is 11.3 Å². The molecular weight excluding hydrogens is 501 g/mol. The molecule has 0 aromatic carbocycles. The Morgan fingerprint density at radius 1 is 1.50 bits per heavy atom. The van der Waals surface area contributed by atoms with Gasteiger partial charge < -0.3 is 10.2 Å². The molecule has 5 nitrogen and oxygen atoms in total. The largest absolute Gasteiger partial charge is 0.356 e. The van der Waals surface area contributed by atoms with Crippen LogP contribution in [0.1, 0.15) is 22.8 Å². The second kappa shape index (κ2) is 9.19. The van der Waals surface area contributed by atoms with Gasteiger partial charge in [0.15, 0.2) is 5.96 Å². The molecule has 1 atom stereocenters. The van der Waals surface area contributed by atoms with Crippen LogP contribution in [-0.4, -0.2) is 47.3 Å². The molecule has 0 amide bonds. The van der Waals surface area contributed by atoms with Crippen molar-refractivity contribution in [1.29, 1.82) is 0 Å². The number of aliphatic imine (C=N–C) groups is 1. The molecule has 1 aliphatic heterocycles. The van der Waals surface area contributed by atoms with Gasteiger partial charge in [-0.1, -0.05) is 0 Å². The first-order chi connectivity index (χ1) is 11.2.